The number of hydrogen-bond donors (Lipinski definition) is 1. The summed E-state index contributed by atoms with van der Waals surface area (Å²) >= 11 is 12.5. The summed E-state index contributed by atoms with van der Waals surface area (Å²) in [6.07, 6.45) is 0. The molecule has 0 radical (unpaired) electrons. The van der Waals surface area contributed by atoms with Crippen molar-refractivity contribution in [1.29, 1.82) is 0 Å². The molecule has 1 nitrogen and oxygen atoms in total. The Morgan fingerprint density at radius 1 is 1.11 bits per heavy atom. The van der Waals surface area contributed by atoms with Crippen molar-refractivity contribution in [2.45, 2.75) is 6.54 Å². The molecule has 0 saturated heterocycles. The molecule has 0 spiro atoms. The van der Waals surface area contributed by atoms with E-state index in [1.165, 1.54) is 6.07 Å². The number of nitrogens with one attached hydrogen (secondary N) is 1. The smallest absolute Gasteiger partial charge is 0.147 e. The van der Waals surface area contributed by atoms with Crippen LogP contribution in [0.4, 0.5) is 10.1 Å². The molecule has 0 aliphatic rings. The van der Waals surface area contributed by atoms with Crippen molar-refractivity contribution < 1.29 is 4.39 Å². The number of benzene rings is 2. The third kappa shape index (κ3) is 3.46. The summed E-state index contributed by atoms with van der Waals surface area (Å²) in [7, 11) is 0. The van der Waals surface area contributed by atoms with E-state index in [1.54, 1.807) is 12.1 Å². The Morgan fingerprint density at radius 2 is 1.89 bits per heavy atom. The molecular formula is C13H9Br2ClFN. The van der Waals surface area contributed by atoms with Gasteiger partial charge in [0.15, 0.2) is 0 Å². The van der Waals surface area contributed by atoms with Gasteiger partial charge in [0.2, 0.25) is 0 Å². The van der Waals surface area contributed by atoms with Crippen LogP contribution in [-0.2, 0) is 6.54 Å². The van der Waals surface area contributed by atoms with Crippen LogP contribution in [0.25, 0.3) is 0 Å². The van der Waals surface area contributed by atoms with Crippen LogP contribution < -0.4 is 5.32 Å². The van der Waals surface area contributed by atoms with E-state index in [9.17, 15) is 4.39 Å². The van der Waals surface area contributed by atoms with Crippen LogP contribution >= 0.6 is 43.5 Å². The largest absolute Gasteiger partial charge is 0.379 e. The monoisotopic (exact) mass is 391 g/mol. The SMILES string of the molecule is Fc1cc(Br)ccc1NCc1ccc(Br)c(Cl)c1. The number of hydrogen-bond acceptors (Lipinski definition) is 1. The molecule has 94 valence electrons. The molecule has 0 amide bonds. The van der Waals surface area contributed by atoms with E-state index >= 15 is 0 Å². The van der Waals surface area contributed by atoms with Gasteiger partial charge in [0.1, 0.15) is 5.82 Å². The highest BCUT2D eigenvalue weighted by Gasteiger charge is 2.03. The minimum Gasteiger partial charge on any atom is -0.379 e. The van der Waals surface area contributed by atoms with E-state index < -0.39 is 0 Å². The van der Waals surface area contributed by atoms with Crippen molar-refractivity contribution in [1.82, 2.24) is 0 Å². The van der Waals surface area contributed by atoms with Gasteiger partial charge < -0.3 is 5.32 Å². The van der Waals surface area contributed by atoms with Gasteiger partial charge in [-0.2, -0.15) is 0 Å². The molecule has 2 rings (SSSR count). The van der Waals surface area contributed by atoms with Crippen molar-refractivity contribution in [3.05, 3.63) is 61.7 Å². The first-order valence-corrected chi connectivity index (χ1v) is 7.15. The van der Waals surface area contributed by atoms with E-state index in [4.69, 9.17) is 11.6 Å². The second kappa shape index (κ2) is 6.04. The lowest BCUT2D eigenvalue weighted by Crippen LogP contribution is -2.01. The van der Waals surface area contributed by atoms with Gasteiger partial charge in [0.25, 0.3) is 0 Å². The molecule has 0 aliphatic carbocycles. The Balaban J connectivity index is 2.09. The fraction of sp³-hybridized carbons (Fsp3) is 0.0769. The van der Waals surface area contributed by atoms with E-state index in [0.717, 1.165) is 14.5 Å². The van der Waals surface area contributed by atoms with Crippen molar-refractivity contribution in [3.8, 4) is 0 Å². The molecular weight excluding hydrogens is 384 g/mol. The van der Waals surface area contributed by atoms with Crippen LogP contribution in [-0.4, -0.2) is 0 Å². The van der Waals surface area contributed by atoms with Crippen LogP contribution in [0.3, 0.4) is 0 Å². The summed E-state index contributed by atoms with van der Waals surface area (Å²) in [5.74, 6) is -0.285. The maximum absolute atomic E-state index is 13.6. The molecule has 0 aliphatic heterocycles. The maximum Gasteiger partial charge on any atom is 0.147 e. The lowest BCUT2D eigenvalue weighted by atomic mass is 10.2. The van der Waals surface area contributed by atoms with Gasteiger partial charge in [-0.3, -0.25) is 0 Å². The molecule has 0 aromatic heterocycles. The molecule has 2 aromatic rings. The van der Waals surface area contributed by atoms with Crippen LogP contribution in [0, 0.1) is 5.82 Å². The fourth-order valence-corrected chi connectivity index (χ4v) is 2.26. The first-order valence-electron chi connectivity index (χ1n) is 5.19. The van der Waals surface area contributed by atoms with E-state index in [-0.39, 0.29) is 5.82 Å². The lowest BCUT2D eigenvalue weighted by Gasteiger charge is -2.08. The maximum atomic E-state index is 13.6. The van der Waals surface area contributed by atoms with Gasteiger partial charge in [0.05, 0.1) is 10.7 Å². The molecule has 0 bridgehead atoms. The van der Waals surface area contributed by atoms with Crippen molar-refractivity contribution in [3.63, 3.8) is 0 Å². The zero-order valence-corrected chi connectivity index (χ0v) is 13.1. The second-order valence-corrected chi connectivity index (χ2v) is 5.90. The summed E-state index contributed by atoms with van der Waals surface area (Å²) in [4.78, 5) is 0. The van der Waals surface area contributed by atoms with Crippen LogP contribution in [0.5, 0.6) is 0 Å². The van der Waals surface area contributed by atoms with Gasteiger partial charge in [0, 0.05) is 15.5 Å². The average molecular weight is 393 g/mol. The Labute approximate surface area is 127 Å². The molecule has 2 aromatic carbocycles. The molecule has 5 heteroatoms. The fourth-order valence-electron chi connectivity index (χ4n) is 1.48. The number of anilines is 1. The van der Waals surface area contributed by atoms with E-state index in [1.807, 2.05) is 18.2 Å². The first kappa shape index (κ1) is 13.8. The summed E-state index contributed by atoms with van der Waals surface area (Å²) in [6, 6.07) is 10.6. The Hall–Kier alpha value is -0.580. The van der Waals surface area contributed by atoms with Crippen LogP contribution in [0.15, 0.2) is 45.3 Å². The molecule has 0 atom stereocenters. The summed E-state index contributed by atoms with van der Waals surface area (Å²) in [6.45, 7) is 0.519. The van der Waals surface area contributed by atoms with Crippen LogP contribution in [0.2, 0.25) is 5.02 Å². The Kier molecular flexibility index (Phi) is 4.65. The molecule has 18 heavy (non-hydrogen) atoms. The third-order valence-corrected chi connectivity index (χ3v) is 4.12. The van der Waals surface area contributed by atoms with Crippen molar-refractivity contribution >= 4 is 49.1 Å². The first-order chi connectivity index (χ1) is 8.56. The topological polar surface area (TPSA) is 12.0 Å². The predicted octanol–water partition coefficient (Wildman–Crippen LogP) is 5.62. The molecule has 0 unspecified atom stereocenters. The van der Waals surface area contributed by atoms with E-state index in [0.29, 0.717) is 17.3 Å². The molecule has 0 saturated carbocycles. The minimum atomic E-state index is -0.285. The average Bonchev–Trinajstić information content (AvgIpc) is 2.32. The second-order valence-electron chi connectivity index (χ2n) is 3.73. The summed E-state index contributed by atoms with van der Waals surface area (Å²) in [5.41, 5.74) is 1.46. The lowest BCUT2D eigenvalue weighted by molar-refractivity contribution is 0.629. The summed E-state index contributed by atoms with van der Waals surface area (Å²) in [5, 5.41) is 3.68. The van der Waals surface area contributed by atoms with Crippen molar-refractivity contribution in [2.75, 3.05) is 5.32 Å². The quantitative estimate of drug-likeness (QED) is 0.714. The standard InChI is InChI=1S/C13H9Br2ClFN/c14-9-2-4-13(12(17)6-9)18-7-8-1-3-10(15)11(16)5-8/h1-6,18H,7H2. The zero-order chi connectivity index (χ0) is 13.1. The molecule has 0 fully saturated rings. The Bertz CT molecular complexity index is 575. The van der Waals surface area contributed by atoms with Crippen LogP contribution in [0.1, 0.15) is 5.56 Å². The van der Waals surface area contributed by atoms with Gasteiger partial charge in [-0.1, -0.05) is 33.6 Å². The van der Waals surface area contributed by atoms with Crippen molar-refractivity contribution in [2.24, 2.45) is 0 Å². The normalized spacial score (nSPS) is 10.4. The highest BCUT2D eigenvalue weighted by molar-refractivity contribution is 9.10. The van der Waals surface area contributed by atoms with Gasteiger partial charge >= 0.3 is 0 Å². The third-order valence-electron chi connectivity index (χ3n) is 2.40. The highest BCUT2D eigenvalue weighted by Crippen LogP contribution is 2.24. The van der Waals surface area contributed by atoms with Gasteiger partial charge in [-0.05, 0) is 51.8 Å². The number of halogens is 4. The minimum absolute atomic E-state index is 0.285. The molecule has 0 heterocycles. The van der Waals surface area contributed by atoms with E-state index in [2.05, 4.69) is 37.2 Å². The zero-order valence-electron chi connectivity index (χ0n) is 9.18. The Morgan fingerprint density at radius 3 is 2.56 bits per heavy atom. The van der Waals surface area contributed by atoms with Gasteiger partial charge in [-0.25, -0.2) is 4.39 Å². The molecule has 1 N–H and O–H groups in total. The highest BCUT2D eigenvalue weighted by atomic mass is 79.9. The van der Waals surface area contributed by atoms with Gasteiger partial charge in [-0.15, -0.1) is 0 Å². The predicted molar refractivity (Wildman–Crippen MR) is 80.6 cm³/mol. The number of rotatable bonds is 3. The summed E-state index contributed by atoms with van der Waals surface area (Å²) < 4.78 is 15.1.